The minimum atomic E-state index is -0.0806. The van der Waals surface area contributed by atoms with Crippen LogP contribution in [-0.4, -0.2) is 38.6 Å². The second-order valence-corrected chi connectivity index (χ2v) is 15.3. The molecule has 2 saturated heterocycles. The van der Waals surface area contributed by atoms with Gasteiger partial charge in [-0.25, -0.2) is 0 Å². The van der Waals surface area contributed by atoms with Gasteiger partial charge in [0.25, 0.3) is 0 Å². The Labute approximate surface area is 231 Å². The molecular formula is C34H50O4. The molecule has 2 aliphatic rings. The van der Waals surface area contributed by atoms with E-state index in [1.54, 1.807) is 0 Å². The first-order chi connectivity index (χ1) is 17.4. The quantitative estimate of drug-likeness (QED) is 0.345. The Bertz CT molecular complexity index is 993. The summed E-state index contributed by atoms with van der Waals surface area (Å²) in [7, 11) is 0. The van der Waals surface area contributed by atoms with Crippen LogP contribution in [0.25, 0.3) is 11.1 Å². The number of ether oxygens (including phenoxy) is 4. The number of hydrogen-bond donors (Lipinski definition) is 0. The van der Waals surface area contributed by atoms with Crippen LogP contribution in [0, 0.1) is 0 Å². The van der Waals surface area contributed by atoms with Gasteiger partial charge in [-0.2, -0.15) is 0 Å². The summed E-state index contributed by atoms with van der Waals surface area (Å²) in [5, 5.41) is 0. The average molecular weight is 523 g/mol. The van der Waals surface area contributed by atoms with Crippen molar-refractivity contribution in [2.24, 2.45) is 0 Å². The van der Waals surface area contributed by atoms with Crippen LogP contribution in [0.2, 0.25) is 0 Å². The summed E-state index contributed by atoms with van der Waals surface area (Å²) in [6.07, 6.45) is 0.431. The number of hydrogen-bond acceptors (Lipinski definition) is 4. The van der Waals surface area contributed by atoms with Crippen LogP contribution in [-0.2, 0) is 31.1 Å². The van der Waals surface area contributed by atoms with Crippen molar-refractivity contribution in [2.45, 2.75) is 117 Å². The van der Waals surface area contributed by atoms with Gasteiger partial charge in [0.05, 0.1) is 13.2 Å². The summed E-state index contributed by atoms with van der Waals surface area (Å²) >= 11 is 0. The molecule has 2 aromatic carbocycles. The fourth-order valence-electron chi connectivity index (χ4n) is 4.81. The maximum Gasteiger partial charge on any atom is 0.126 e. The van der Waals surface area contributed by atoms with Gasteiger partial charge < -0.3 is 18.9 Å². The lowest BCUT2D eigenvalue weighted by Crippen LogP contribution is -2.22. The van der Waals surface area contributed by atoms with E-state index in [0.717, 1.165) is 24.7 Å². The molecule has 210 valence electrons. The fraction of sp³-hybridized carbons (Fsp3) is 0.647. The Morgan fingerprint density at radius 3 is 0.947 bits per heavy atom. The SMILES string of the molecule is CC(C)(C)c1cc(-c2cc(C(C)(C)C)c(OCC3CO3)c(C(C)(C)C)c2)cc(C(C)(C)C)c1OCC1CO1. The monoisotopic (exact) mass is 522 g/mol. The average Bonchev–Trinajstić information content (AvgIpc) is 3.68. The topological polar surface area (TPSA) is 43.5 Å². The van der Waals surface area contributed by atoms with Gasteiger partial charge in [0.2, 0.25) is 0 Å². The largest absolute Gasteiger partial charge is 0.490 e. The fourth-order valence-corrected chi connectivity index (χ4v) is 4.81. The maximum atomic E-state index is 6.51. The minimum absolute atomic E-state index is 0.0806. The highest BCUT2D eigenvalue weighted by atomic mass is 16.6. The van der Waals surface area contributed by atoms with Gasteiger partial charge >= 0.3 is 0 Å². The first-order valence-electron chi connectivity index (χ1n) is 14.2. The van der Waals surface area contributed by atoms with Gasteiger partial charge in [-0.1, -0.05) is 83.1 Å². The van der Waals surface area contributed by atoms with Crippen molar-refractivity contribution in [3.05, 3.63) is 46.5 Å². The molecule has 2 atom stereocenters. The number of epoxide rings is 2. The highest BCUT2D eigenvalue weighted by Crippen LogP contribution is 2.47. The van der Waals surface area contributed by atoms with Crippen molar-refractivity contribution in [3.63, 3.8) is 0 Å². The summed E-state index contributed by atoms with van der Waals surface area (Å²) < 4.78 is 24.0. The first-order valence-corrected chi connectivity index (χ1v) is 14.2. The van der Waals surface area contributed by atoms with E-state index >= 15 is 0 Å². The molecule has 2 aromatic rings. The van der Waals surface area contributed by atoms with E-state index in [9.17, 15) is 0 Å². The summed E-state index contributed by atoms with van der Waals surface area (Å²) in [6, 6.07) is 9.41. The Kier molecular flexibility index (Phi) is 7.51. The van der Waals surface area contributed by atoms with Crippen LogP contribution < -0.4 is 9.47 Å². The molecule has 4 nitrogen and oxygen atoms in total. The lowest BCUT2D eigenvalue weighted by atomic mass is 9.75. The Hall–Kier alpha value is -2.04. The third-order valence-corrected chi connectivity index (χ3v) is 7.38. The highest BCUT2D eigenvalue weighted by molar-refractivity contribution is 5.73. The predicted molar refractivity (Wildman–Crippen MR) is 157 cm³/mol. The zero-order valence-electron chi connectivity index (χ0n) is 25.9. The van der Waals surface area contributed by atoms with E-state index in [1.807, 2.05) is 0 Å². The number of rotatable bonds is 7. The van der Waals surface area contributed by atoms with Gasteiger partial charge in [-0.15, -0.1) is 0 Å². The third-order valence-electron chi connectivity index (χ3n) is 7.38. The van der Waals surface area contributed by atoms with Gasteiger partial charge in [0.1, 0.15) is 36.9 Å². The van der Waals surface area contributed by atoms with E-state index in [2.05, 4.69) is 107 Å². The summed E-state index contributed by atoms with van der Waals surface area (Å²) in [5.41, 5.74) is 7.08. The van der Waals surface area contributed by atoms with Crippen LogP contribution >= 0.6 is 0 Å². The van der Waals surface area contributed by atoms with E-state index in [0.29, 0.717) is 13.2 Å². The highest BCUT2D eigenvalue weighted by Gasteiger charge is 2.33. The van der Waals surface area contributed by atoms with E-state index < -0.39 is 0 Å². The van der Waals surface area contributed by atoms with Gasteiger partial charge in [-0.05, 0) is 57.1 Å². The Morgan fingerprint density at radius 1 is 0.526 bits per heavy atom. The standard InChI is InChI=1S/C34H50O4/c1-31(2,3)25-13-21(14-26(32(4,5)6)29(25)37-19-23-17-35-23)22-15-27(33(7,8)9)30(38-20-24-18-36-24)28(16-22)34(10,11)12/h13-16,23-24H,17-20H2,1-12H3. The van der Waals surface area contributed by atoms with Crippen molar-refractivity contribution in [2.75, 3.05) is 26.4 Å². The molecule has 2 unspecified atom stereocenters. The Balaban J connectivity index is 1.95. The van der Waals surface area contributed by atoms with Crippen LogP contribution in [0.5, 0.6) is 11.5 Å². The predicted octanol–water partition coefficient (Wildman–Crippen LogP) is 8.10. The van der Waals surface area contributed by atoms with Crippen molar-refractivity contribution < 1.29 is 18.9 Å². The van der Waals surface area contributed by atoms with E-state index in [4.69, 9.17) is 18.9 Å². The van der Waals surface area contributed by atoms with E-state index in [-0.39, 0.29) is 33.9 Å². The minimum Gasteiger partial charge on any atom is -0.490 e. The molecule has 4 heteroatoms. The van der Waals surface area contributed by atoms with Gasteiger partial charge in [-0.3, -0.25) is 0 Å². The Morgan fingerprint density at radius 2 is 0.763 bits per heavy atom. The number of benzene rings is 2. The van der Waals surface area contributed by atoms with Crippen molar-refractivity contribution in [1.82, 2.24) is 0 Å². The molecule has 38 heavy (non-hydrogen) atoms. The zero-order valence-corrected chi connectivity index (χ0v) is 25.9. The van der Waals surface area contributed by atoms with Crippen LogP contribution in [0.15, 0.2) is 24.3 Å². The van der Waals surface area contributed by atoms with Crippen LogP contribution in [0.3, 0.4) is 0 Å². The molecule has 0 spiro atoms. The van der Waals surface area contributed by atoms with Gasteiger partial charge in [0, 0.05) is 22.3 Å². The summed E-state index contributed by atoms with van der Waals surface area (Å²) in [5.74, 6) is 2.03. The lowest BCUT2D eigenvalue weighted by molar-refractivity contribution is 0.253. The molecule has 0 N–H and O–H groups in total. The normalized spacial score (nSPS) is 19.9. The van der Waals surface area contributed by atoms with Gasteiger partial charge in [0.15, 0.2) is 0 Å². The molecule has 2 heterocycles. The maximum absolute atomic E-state index is 6.51. The molecule has 0 bridgehead atoms. The molecule has 2 aliphatic heterocycles. The summed E-state index contributed by atoms with van der Waals surface area (Å²) in [6.45, 7) is 30.1. The molecule has 0 aromatic heterocycles. The third kappa shape index (κ3) is 6.74. The molecule has 0 aliphatic carbocycles. The smallest absolute Gasteiger partial charge is 0.126 e. The molecule has 0 saturated carbocycles. The van der Waals surface area contributed by atoms with Crippen LogP contribution in [0.4, 0.5) is 0 Å². The molecule has 2 fully saturated rings. The molecule has 0 radical (unpaired) electrons. The second-order valence-electron chi connectivity index (χ2n) is 15.3. The van der Waals surface area contributed by atoms with Crippen molar-refractivity contribution in [1.29, 1.82) is 0 Å². The van der Waals surface area contributed by atoms with Crippen LogP contribution in [0.1, 0.15) is 105 Å². The molecule has 0 amide bonds. The lowest BCUT2D eigenvalue weighted by Gasteiger charge is -2.32. The van der Waals surface area contributed by atoms with E-state index in [1.165, 1.54) is 33.4 Å². The molecular weight excluding hydrogens is 472 g/mol. The summed E-state index contributed by atoms with van der Waals surface area (Å²) in [4.78, 5) is 0. The van der Waals surface area contributed by atoms with Crippen molar-refractivity contribution >= 4 is 0 Å². The first kappa shape index (κ1) is 29.0. The molecule has 4 rings (SSSR count). The second kappa shape index (κ2) is 9.86. The van der Waals surface area contributed by atoms with Crippen molar-refractivity contribution in [3.8, 4) is 22.6 Å². The zero-order chi connectivity index (χ0) is 28.3.